The number of amidine groups is 1. The number of anilines is 1. The lowest BCUT2D eigenvalue weighted by Gasteiger charge is -2.36. The van der Waals surface area contributed by atoms with Crippen LogP contribution in [0, 0.1) is 0 Å². The van der Waals surface area contributed by atoms with Crippen molar-refractivity contribution in [3.8, 4) is 0 Å². The van der Waals surface area contributed by atoms with Crippen molar-refractivity contribution in [2.75, 3.05) is 31.2 Å². The Hall–Kier alpha value is -2.95. The molecular weight excluding hydrogens is 454 g/mol. The number of para-hydroxylation sites is 1. The average Bonchev–Trinajstić information content (AvgIpc) is 2.81. The van der Waals surface area contributed by atoms with Crippen LogP contribution in [0.2, 0.25) is 5.02 Å². The Morgan fingerprint density at radius 3 is 2.28 bits per heavy atom. The maximum absolute atomic E-state index is 13.1. The van der Waals surface area contributed by atoms with Crippen LogP contribution in [0.15, 0.2) is 64.5 Å². The van der Waals surface area contributed by atoms with E-state index in [-0.39, 0.29) is 48.7 Å². The molecule has 11 heteroatoms. The fourth-order valence-electron chi connectivity index (χ4n) is 3.53. The largest absolute Gasteiger partial charge is 0.333 e. The molecule has 4 rings (SSSR count). The van der Waals surface area contributed by atoms with Crippen LogP contribution < -0.4 is 10.4 Å². The minimum absolute atomic E-state index is 0.0509. The van der Waals surface area contributed by atoms with Gasteiger partial charge in [0.15, 0.2) is 0 Å². The van der Waals surface area contributed by atoms with E-state index in [0.29, 0.717) is 10.7 Å². The van der Waals surface area contributed by atoms with E-state index >= 15 is 0 Å². The van der Waals surface area contributed by atoms with Crippen molar-refractivity contribution in [3.05, 3.63) is 59.6 Å². The first-order valence-corrected chi connectivity index (χ1v) is 11.9. The number of rotatable bonds is 4. The average molecular weight is 476 g/mol. The number of aliphatic imine (C=N–C) groups is 1. The Labute approximate surface area is 191 Å². The quantitative estimate of drug-likeness (QED) is 0.722. The molecule has 0 saturated carbocycles. The summed E-state index contributed by atoms with van der Waals surface area (Å²) in [6, 6.07) is 14.2. The lowest BCUT2D eigenvalue weighted by Crippen LogP contribution is -2.60. The fourth-order valence-corrected chi connectivity index (χ4v) is 5.08. The number of hydrogen-bond donors (Lipinski definition) is 1. The van der Waals surface area contributed by atoms with Crippen molar-refractivity contribution in [1.29, 1.82) is 0 Å². The molecule has 0 aliphatic carbocycles. The Morgan fingerprint density at radius 1 is 1.03 bits per heavy atom. The first kappa shape index (κ1) is 22.3. The van der Waals surface area contributed by atoms with Gasteiger partial charge in [-0.15, -0.1) is 0 Å². The summed E-state index contributed by atoms with van der Waals surface area (Å²) in [5, 5.41) is 1.77. The molecule has 1 N–H and O–H groups in total. The van der Waals surface area contributed by atoms with E-state index in [1.54, 1.807) is 31.2 Å². The Morgan fingerprint density at radius 2 is 1.66 bits per heavy atom. The first-order valence-electron chi connectivity index (χ1n) is 10.1. The topological polar surface area (TPSA) is 102 Å². The highest BCUT2D eigenvalue weighted by Crippen LogP contribution is 2.21. The van der Waals surface area contributed by atoms with Gasteiger partial charge in [0.1, 0.15) is 6.04 Å². The van der Waals surface area contributed by atoms with Crippen LogP contribution in [0.25, 0.3) is 0 Å². The van der Waals surface area contributed by atoms with Crippen molar-refractivity contribution < 1.29 is 18.0 Å². The van der Waals surface area contributed by atoms with Gasteiger partial charge in [-0.2, -0.15) is 4.31 Å². The molecule has 1 saturated heterocycles. The number of carbonyl (C=O) groups is 2. The molecule has 2 aliphatic heterocycles. The molecule has 0 spiro atoms. The van der Waals surface area contributed by atoms with E-state index in [4.69, 9.17) is 11.6 Å². The summed E-state index contributed by atoms with van der Waals surface area (Å²) in [4.78, 5) is 31.5. The summed E-state index contributed by atoms with van der Waals surface area (Å²) >= 11 is 5.85. The second kappa shape index (κ2) is 8.89. The van der Waals surface area contributed by atoms with Gasteiger partial charge in [0.25, 0.3) is 11.8 Å². The molecular formula is C21H22ClN5O4S. The summed E-state index contributed by atoms with van der Waals surface area (Å²) in [6.07, 6.45) is 0. The van der Waals surface area contributed by atoms with Crippen LogP contribution in [0.4, 0.5) is 5.69 Å². The minimum Gasteiger partial charge on any atom is -0.333 e. The molecule has 2 aromatic rings. The van der Waals surface area contributed by atoms with E-state index < -0.39 is 16.1 Å². The highest BCUT2D eigenvalue weighted by atomic mass is 35.5. The number of sulfonamides is 1. The van der Waals surface area contributed by atoms with Gasteiger partial charge in [-0.05, 0) is 43.3 Å². The SMILES string of the molecule is CC1N=C(C(=O)N2CCN(S(=O)(=O)c3ccc(Cl)cc3)CC2)NN(c2ccccc2)C1=O. The highest BCUT2D eigenvalue weighted by molar-refractivity contribution is 7.89. The summed E-state index contributed by atoms with van der Waals surface area (Å²) in [5.41, 5.74) is 3.42. The number of halogens is 1. The number of hydrazine groups is 1. The highest BCUT2D eigenvalue weighted by Gasteiger charge is 2.35. The molecule has 168 valence electrons. The Kier molecular flexibility index (Phi) is 6.18. The summed E-state index contributed by atoms with van der Waals surface area (Å²) in [6.45, 7) is 2.35. The van der Waals surface area contributed by atoms with Crippen LogP contribution >= 0.6 is 11.6 Å². The van der Waals surface area contributed by atoms with Crippen LogP contribution in [0.1, 0.15) is 6.92 Å². The van der Waals surface area contributed by atoms with E-state index in [1.807, 2.05) is 6.07 Å². The van der Waals surface area contributed by atoms with Crippen molar-refractivity contribution in [2.45, 2.75) is 17.9 Å². The van der Waals surface area contributed by atoms with Crippen molar-refractivity contribution in [1.82, 2.24) is 14.6 Å². The summed E-state index contributed by atoms with van der Waals surface area (Å²) in [5.74, 6) is -0.601. The first-order chi connectivity index (χ1) is 15.3. The van der Waals surface area contributed by atoms with Gasteiger partial charge in [0, 0.05) is 31.2 Å². The molecule has 0 aromatic heterocycles. The fraction of sp³-hybridized carbons (Fsp3) is 0.286. The number of benzene rings is 2. The van der Waals surface area contributed by atoms with Gasteiger partial charge < -0.3 is 4.90 Å². The zero-order valence-electron chi connectivity index (χ0n) is 17.3. The molecule has 2 amide bonds. The van der Waals surface area contributed by atoms with Gasteiger partial charge in [-0.1, -0.05) is 29.8 Å². The molecule has 2 aromatic carbocycles. The van der Waals surface area contributed by atoms with Crippen LogP contribution in [0.3, 0.4) is 0 Å². The van der Waals surface area contributed by atoms with Gasteiger partial charge >= 0.3 is 0 Å². The number of nitrogens with zero attached hydrogens (tertiary/aromatic N) is 4. The zero-order valence-corrected chi connectivity index (χ0v) is 18.9. The lowest BCUT2D eigenvalue weighted by atomic mass is 10.2. The van der Waals surface area contributed by atoms with Gasteiger partial charge in [0.05, 0.1) is 10.6 Å². The normalized spacial score (nSPS) is 20.0. The smallest absolute Gasteiger partial charge is 0.290 e. The summed E-state index contributed by atoms with van der Waals surface area (Å²) in [7, 11) is -3.68. The summed E-state index contributed by atoms with van der Waals surface area (Å²) < 4.78 is 27.1. The van der Waals surface area contributed by atoms with E-state index in [0.717, 1.165) is 0 Å². The maximum atomic E-state index is 13.1. The molecule has 0 bridgehead atoms. The van der Waals surface area contributed by atoms with Gasteiger partial charge in [-0.25, -0.2) is 18.4 Å². The number of hydrogen-bond acceptors (Lipinski definition) is 6. The Balaban J connectivity index is 1.44. The third kappa shape index (κ3) is 4.34. The van der Waals surface area contributed by atoms with Crippen LogP contribution in [-0.4, -0.2) is 67.5 Å². The molecule has 0 radical (unpaired) electrons. The van der Waals surface area contributed by atoms with Crippen LogP contribution in [-0.2, 0) is 19.6 Å². The van der Waals surface area contributed by atoms with E-state index in [2.05, 4.69) is 10.4 Å². The molecule has 1 atom stereocenters. The van der Waals surface area contributed by atoms with E-state index in [9.17, 15) is 18.0 Å². The number of nitrogens with one attached hydrogen (secondary N) is 1. The molecule has 9 nitrogen and oxygen atoms in total. The van der Waals surface area contributed by atoms with Crippen LogP contribution in [0.5, 0.6) is 0 Å². The minimum atomic E-state index is -3.68. The standard InChI is InChI=1S/C21H22ClN5O4S/c1-15-20(28)27(17-5-3-2-4-6-17)24-19(23-15)21(29)25-11-13-26(14-12-25)32(30,31)18-9-7-16(22)8-10-18/h2-10,15H,11-14H2,1H3,(H,23,24). The number of amides is 2. The zero-order chi connectivity index (χ0) is 22.9. The second-order valence-electron chi connectivity index (χ2n) is 7.42. The monoisotopic (exact) mass is 475 g/mol. The lowest BCUT2D eigenvalue weighted by molar-refractivity contribution is -0.125. The third-order valence-corrected chi connectivity index (χ3v) is 7.48. The maximum Gasteiger partial charge on any atom is 0.290 e. The van der Waals surface area contributed by atoms with Crippen molar-refractivity contribution in [3.63, 3.8) is 0 Å². The molecule has 1 unspecified atom stereocenters. The molecule has 1 fully saturated rings. The number of piperazine rings is 1. The predicted octanol–water partition coefficient (Wildman–Crippen LogP) is 1.51. The molecule has 32 heavy (non-hydrogen) atoms. The van der Waals surface area contributed by atoms with Gasteiger partial charge in [-0.3, -0.25) is 15.0 Å². The third-order valence-electron chi connectivity index (χ3n) is 5.31. The van der Waals surface area contributed by atoms with E-state index in [1.165, 1.54) is 38.5 Å². The number of carbonyl (C=O) groups excluding carboxylic acids is 2. The van der Waals surface area contributed by atoms with Crippen molar-refractivity contribution in [2.24, 2.45) is 4.99 Å². The van der Waals surface area contributed by atoms with Gasteiger partial charge in [0.2, 0.25) is 15.9 Å². The predicted molar refractivity (Wildman–Crippen MR) is 121 cm³/mol. The second-order valence-corrected chi connectivity index (χ2v) is 9.80. The van der Waals surface area contributed by atoms with Crippen molar-refractivity contribution >= 4 is 45.0 Å². The molecule has 2 aliphatic rings. The Bertz CT molecular complexity index is 1150. The molecule has 2 heterocycles.